The number of amides is 3. The van der Waals surface area contributed by atoms with Crippen molar-refractivity contribution in [3.8, 4) is 28.3 Å². The molecule has 0 unspecified atom stereocenters. The molecule has 0 spiro atoms. The summed E-state index contributed by atoms with van der Waals surface area (Å²) in [4.78, 5) is 36.8. The minimum atomic E-state index is -0.817. The van der Waals surface area contributed by atoms with Gasteiger partial charge in [0.05, 0.1) is 19.9 Å². The van der Waals surface area contributed by atoms with E-state index in [0.29, 0.717) is 29.2 Å². The van der Waals surface area contributed by atoms with Gasteiger partial charge in [0.15, 0.2) is 23.8 Å². The van der Waals surface area contributed by atoms with E-state index < -0.39 is 24.5 Å². The van der Waals surface area contributed by atoms with E-state index in [-0.39, 0.29) is 11.6 Å². The first-order valence-electron chi connectivity index (χ1n) is 10.9. The highest BCUT2D eigenvalue weighted by Gasteiger charge is 2.22. The molecule has 35 heavy (non-hydrogen) atoms. The van der Waals surface area contributed by atoms with Crippen LogP contribution in [0.3, 0.4) is 0 Å². The normalized spacial score (nSPS) is 10.5. The van der Waals surface area contributed by atoms with E-state index in [1.807, 2.05) is 44.2 Å². The van der Waals surface area contributed by atoms with Crippen LogP contribution in [-0.4, -0.2) is 55.1 Å². The number of nitrogens with zero attached hydrogens (tertiary/aromatic N) is 2. The predicted octanol–water partition coefficient (Wildman–Crippen LogP) is 3.20. The van der Waals surface area contributed by atoms with Crippen LogP contribution in [-0.2, 0) is 9.53 Å². The number of esters is 1. The lowest BCUT2D eigenvalue weighted by Gasteiger charge is -2.10. The summed E-state index contributed by atoms with van der Waals surface area (Å²) in [5.41, 5.74) is 1.83. The summed E-state index contributed by atoms with van der Waals surface area (Å²) >= 11 is 0. The summed E-state index contributed by atoms with van der Waals surface area (Å²) in [6, 6.07) is 13.8. The zero-order valence-electron chi connectivity index (χ0n) is 20.0. The van der Waals surface area contributed by atoms with Gasteiger partial charge in [-0.1, -0.05) is 38.1 Å². The number of imide groups is 1. The Kier molecular flexibility index (Phi) is 8.44. The maximum Gasteiger partial charge on any atom is 0.360 e. The third-order valence-corrected chi connectivity index (χ3v) is 4.88. The molecule has 0 atom stereocenters. The van der Waals surface area contributed by atoms with Gasteiger partial charge in [-0.05, 0) is 35.7 Å². The first kappa shape index (κ1) is 25.3. The number of hydrogen-bond acceptors (Lipinski definition) is 7. The zero-order chi connectivity index (χ0) is 25.4. The van der Waals surface area contributed by atoms with Crippen LogP contribution in [0.15, 0.2) is 54.7 Å². The Hall–Kier alpha value is -4.34. The number of urea groups is 1. The highest BCUT2D eigenvalue weighted by Crippen LogP contribution is 2.34. The molecular formula is C25H28N4O6. The minimum Gasteiger partial charge on any atom is -0.493 e. The SMILES string of the molecule is COc1ccc(-c2cn(-c3ccccc3)nc2C(=O)OCC(=O)NC(=O)NCC(C)C)cc1OC. The summed E-state index contributed by atoms with van der Waals surface area (Å²) in [7, 11) is 3.04. The largest absolute Gasteiger partial charge is 0.493 e. The number of rotatable bonds is 9. The molecule has 3 aromatic rings. The highest BCUT2D eigenvalue weighted by atomic mass is 16.5. The summed E-state index contributed by atoms with van der Waals surface area (Å²) in [5.74, 6) is -0.341. The van der Waals surface area contributed by atoms with Crippen molar-refractivity contribution in [2.75, 3.05) is 27.4 Å². The van der Waals surface area contributed by atoms with Crippen LogP contribution in [0.5, 0.6) is 11.5 Å². The number of nitrogens with one attached hydrogen (secondary N) is 2. The second kappa shape index (κ2) is 11.7. The molecule has 2 N–H and O–H groups in total. The minimum absolute atomic E-state index is 0.00173. The molecule has 184 valence electrons. The number of carbonyl (C=O) groups excluding carboxylic acids is 3. The third kappa shape index (κ3) is 6.59. The molecule has 3 rings (SSSR count). The zero-order valence-corrected chi connectivity index (χ0v) is 20.0. The van der Waals surface area contributed by atoms with Crippen molar-refractivity contribution in [3.63, 3.8) is 0 Å². The molecule has 10 nitrogen and oxygen atoms in total. The van der Waals surface area contributed by atoms with Crippen molar-refractivity contribution in [2.45, 2.75) is 13.8 Å². The average molecular weight is 481 g/mol. The molecule has 3 amide bonds. The molecule has 0 aliphatic carbocycles. The summed E-state index contributed by atoms with van der Waals surface area (Å²) in [6.07, 6.45) is 1.69. The van der Waals surface area contributed by atoms with Gasteiger partial charge < -0.3 is 19.5 Å². The molecule has 0 saturated heterocycles. The van der Waals surface area contributed by atoms with Crippen molar-refractivity contribution in [3.05, 3.63) is 60.4 Å². The quantitative estimate of drug-likeness (QED) is 0.451. The average Bonchev–Trinajstić information content (AvgIpc) is 3.32. The third-order valence-electron chi connectivity index (χ3n) is 4.88. The lowest BCUT2D eigenvalue weighted by atomic mass is 10.1. The van der Waals surface area contributed by atoms with Gasteiger partial charge in [0, 0.05) is 18.3 Å². The molecular weight excluding hydrogens is 452 g/mol. The van der Waals surface area contributed by atoms with Gasteiger partial charge in [-0.25, -0.2) is 14.3 Å². The maximum absolute atomic E-state index is 12.9. The van der Waals surface area contributed by atoms with Crippen molar-refractivity contribution in [2.24, 2.45) is 5.92 Å². The van der Waals surface area contributed by atoms with E-state index in [1.54, 1.807) is 29.1 Å². The number of methoxy groups -OCH3 is 2. The Morgan fingerprint density at radius 2 is 1.71 bits per heavy atom. The Labute approximate surface area is 203 Å². The molecule has 0 saturated carbocycles. The number of carbonyl (C=O) groups is 3. The lowest BCUT2D eigenvalue weighted by molar-refractivity contribution is -0.123. The van der Waals surface area contributed by atoms with Gasteiger partial charge in [0.25, 0.3) is 5.91 Å². The van der Waals surface area contributed by atoms with E-state index >= 15 is 0 Å². The van der Waals surface area contributed by atoms with E-state index in [0.717, 1.165) is 5.69 Å². The van der Waals surface area contributed by atoms with E-state index in [9.17, 15) is 14.4 Å². The number of aromatic nitrogens is 2. The number of hydrogen-bond donors (Lipinski definition) is 2. The van der Waals surface area contributed by atoms with Crippen LogP contribution in [0.1, 0.15) is 24.3 Å². The van der Waals surface area contributed by atoms with Gasteiger partial charge >= 0.3 is 12.0 Å². The number of ether oxygens (including phenoxy) is 3. The van der Waals surface area contributed by atoms with E-state index in [4.69, 9.17) is 14.2 Å². The van der Waals surface area contributed by atoms with Crippen LogP contribution < -0.4 is 20.1 Å². The fourth-order valence-electron chi connectivity index (χ4n) is 3.16. The number of para-hydroxylation sites is 1. The second-order valence-electron chi connectivity index (χ2n) is 7.97. The smallest absolute Gasteiger partial charge is 0.360 e. The Morgan fingerprint density at radius 1 is 1.00 bits per heavy atom. The first-order valence-corrected chi connectivity index (χ1v) is 10.9. The van der Waals surface area contributed by atoms with E-state index in [1.165, 1.54) is 14.2 Å². The van der Waals surface area contributed by atoms with Gasteiger partial charge in [-0.15, -0.1) is 0 Å². The highest BCUT2D eigenvalue weighted by molar-refractivity contribution is 5.99. The molecule has 0 bridgehead atoms. The van der Waals surface area contributed by atoms with Crippen molar-refractivity contribution < 1.29 is 28.6 Å². The topological polar surface area (TPSA) is 121 Å². The van der Waals surface area contributed by atoms with Crippen LogP contribution in [0.25, 0.3) is 16.8 Å². The molecule has 2 aromatic carbocycles. The van der Waals surface area contributed by atoms with Gasteiger partial charge in [0.1, 0.15) is 0 Å². The molecule has 0 aliphatic heterocycles. The number of benzene rings is 2. The Morgan fingerprint density at radius 3 is 2.37 bits per heavy atom. The molecule has 0 fully saturated rings. The van der Waals surface area contributed by atoms with Crippen molar-refractivity contribution in [1.82, 2.24) is 20.4 Å². The maximum atomic E-state index is 12.9. The molecule has 1 heterocycles. The van der Waals surface area contributed by atoms with Gasteiger partial charge in [-0.3, -0.25) is 10.1 Å². The monoisotopic (exact) mass is 480 g/mol. The predicted molar refractivity (Wildman–Crippen MR) is 129 cm³/mol. The molecule has 1 aromatic heterocycles. The summed E-state index contributed by atoms with van der Waals surface area (Å²) < 4.78 is 17.4. The molecule has 0 aliphatic rings. The lowest BCUT2D eigenvalue weighted by Crippen LogP contribution is -2.42. The van der Waals surface area contributed by atoms with Crippen molar-refractivity contribution in [1.29, 1.82) is 0 Å². The fraction of sp³-hybridized carbons (Fsp3) is 0.280. The van der Waals surface area contributed by atoms with Gasteiger partial charge in [-0.2, -0.15) is 5.10 Å². The Bertz CT molecular complexity index is 1190. The Balaban J connectivity index is 1.83. The second-order valence-corrected chi connectivity index (χ2v) is 7.97. The first-order chi connectivity index (χ1) is 16.8. The summed E-state index contributed by atoms with van der Waals surface area (Å²) in [6.45, 7) is 3.62. The van der Waals surface area contributed by atoms with Crippen LogP contribution >= 0.6 is 0 Å². The molecule has 10 heteroatoms. The van der Waals surface area contributed by atoms with Crippen molar-refractivity contribution >= 4 is 17.9 Å². The molecule has 0 radical (unpaired) electrons. The fourth-order valence-corrected chi connectivity index (χ4v) is 3.16. The standard InChI is InChI=1S/C25H28N4O6/c1-16(2)13-26-25(32)27-22(30)15-35-24(31)23-19(14-29(28-23)18-8-6-5-7-9-18)17-10-11-20(33-3)21(12-17)34-4/h5-12,14,16H,13,15H2,1-4H3,(H2,26,27,30,32). The van der Waals surface area contributed by atoms with E-state index in [2.05, 4.69) is 15.7 Å². The van der Waals surface area contributed by atoms with Crippen LogP contribution in [0, 0.1) is 5.92 Å². The van der Waals surface area contributed by atoms with Gasteiger partial charge in [0.2, 0.25) is 0 Å². The van der Waals surface area contributed by atoms with Crippen LogP contribution in [0.4, 0.5) is 4.79 Å². The summed E-state index contributed by atoms with van der Waals surface area (Å²) in [5, 5.41) is 9.08. The van der Waals surface area contributed by atoms with Crippen LogP contribution in [0.2, 0.25) is 0 Å².